The van der Waals surface area contributed by atoms with Crippen LogP contribution in [0.3, 0.4) is 0 Å². The van der Waals surface area contributed by atoms with Crippen molar-refractivity contribution in [3.63, 3.8) is 0 Å². The summed E-state index contributed by atoms with van der Waals surface area (Å²) in [4.78, 5) is 10.1. The maximum Gasteiger partial charge on any atom is 0.123 e. The van der Waals surface area contributed by atoms with Crippen LogP contribution in [0.25, 0.3) is 0 Å². The van der Waals surface area contributed by atoms with E-state index in [1.54, 1.807) is 17.3 Å². The molecule has 0 saturated carbocycles. The van der Waals surface area contributed by atoms with E-state index in [1.807, 2.05) is 0 Å². The highest BCUT2D eigenvalue weighted by atomic mass is 32.2. The van der Waals surface area contributed by atoms with Crippen LogP contribution < -0.4 is 5.11 Å². The van der Waals surface area contributed by atoms with E-state index in [9.17, 15) is 14.3 Å². The van der Waals surface area contributed by atoms with Crippen molar-refractivity contribution in [2.45, 2.75) is 117 Å². The van der Waals surface area contributed by atoms with Crippen molar-refractivity contribution >= 4 is 16.9 Å². The van der Waals surface area contributed by atoms with E-state index in [0.29, 0.717) is 0 Å². The number of halogens is 1. The first kappa shape index (κ1) is 31.0. The van der Waals surface area contributed by atoms with Gasteiger partial charge >= 0.3 is 0 Å². The maximum absolute atomic E-state index is 12.1. The molecule has 0 amide bonds. The van der Waals surface area contributed by atoms with E-state index in [2.05, 4.69) is 20.8 Å². The minimum Gasteiger partial charge on any atom is -0.545 e. The minimum absolute atomic E-state index is 0.0126. The SMILES string of the molecule is CCCCCCC[S+](CCCCCCC)CCCCCCC.O=C([O-])c1ccc(F)cc1. The molecule has 0 aliphatic carbocycles. The van der Waals surface area contributed by atoms with Crippen molar-refractivity contribution in [3.05, 3.63) is 35.6 Å². The number of rotatable bonds is 19. The van der Waals surface area contributed by atoms with Gasteiger partial charge in [0.1, 0.15) is 23.1 Å². The molecule has 0 atom stereocenters. The van der Waals surface area contributed by atoms with Crippen LogP contribution in [0, 0.1) is 5.82 Å². The number of hydrogen-bond donors (Lipinski definition) is 0. The second-order valence-electron chi connectivity index (χ2n) is 8.76. The Kier molecular flexibility index (Phi) is 22.4. The van der Waals surface area contributed by atoms with Gasteiger partial charge in [-0.25, -0.2) is 4.39 Å². The number of carbonyl (C=O) groups excluding carboxylic acids is 1. The Morgan fingerprint density at radius 1 is 0.656 bits per heavy atom. The largest absolute Gasteiger partial charge is 0.545 e. The second-order valence-corrected chi connectivity index (χ2v) is 11.2. The molecule has 0 spiro atoms. The van der Waals surface area contributed by atoms with Gasteiger partial charge in [0, 0.05) is 0 Å². The third kappa shape index (κ3) is 19.6. The first-order valence-electron chi connectivity index (χ1n) is 13.2. The molecule has 0 heterocycles. The third-order valence-corrected chi connectivity index (χ3v) is 8.29. The van der Waals surface area contributed by atoms with Crippen molar-refractivity contribution < 1.29 is 14.3 Å². The van der Waals surface area contributed by atoms with Crippen LogP contribution in [-0.4, -0.2) is 23.2 Å². The van der Waals surface area contributed by atoms with E-state index in [4.69, 9.17) is 0 Å². The molecule has 0 saturated heterocycles. The molecule has 0 radical (unpaired) electrons. The summed E-state index contributed by atoms with van der Waals surface area (Å²) >= 11 is 0. The van der Waals surface area contributed by atoms with Gasteiger partial charge in [0.25, 0.3) is 0 Å². The standard InChI is InChI=1S/C21H45S.C7H5FO2/c1-4-7-10-13-16-19-22(20-17-14-11-8-5-2)21-18-15-12-9-6-3;8-6-3-1-5(2-4-6)7(9)10/h4-21H2,1-3H3;1-4H,(H,9,10)/q+1;/p-1. The summed E-state index contributed by atoms with van der Waals surface area (Å²) in [6, 6.07) is 4.46. The Bertz CT molecular complexity index is 499. The summed E-state index contributed by atoms with van der Waals surface area (Å²) in [7, 11) is 0.759. The van der Waals surface area contributed by atoms with Gasteiger partial charge in [-0.1, -0.05) is 90.7 Å². The topological polar surface area (TPSA) is 40.1 Å². The summed E-state index contributed by atoms with van der Waals surface area (Å²) < 4.78 is 12.1. The average Bonchev–Trinajstić information content (AvgIpc) is 2.79. The number of benzene rings is 1. The lowest BCUT2D eigenvalue weighted by molar-refractivity contribution is -0.255. The van der Waals surface area contributed by atoms with Gasteiger partial charge in [0.15, 0.2) is 0 Å². The molecule has 32 heavy (non-hydrogen) atoms. The summed E-state index contributed by atoms with van der Waals surface area (Å²) in [6.07, 6.45) is 21.9. The zero-order valence-corrected chi connectivity index (χ0v) is 22.0. The highest BCUT2D eigenvalue weighted by Gasteiger charge is 2.16. The molecule has 0 unspecified atom stereocenters. The van der Waals surface area contributed by atoms with E-state index < -0.39 is 11.8 Å². The van der Waals surface area contributed by atoms with Crippen molar-refractivity contribution in [2.75, 3.05) is 17.3 Å². The quantitative estimate of drug-likeness (QED) is 0.154. The highest BCUT2D eigenvalue weighted by Crippen LogP contribution is 2.14. The van der Waals surface area contributed by atoms with Crippen molar-refractivity contribution in [1.82, 2.24) is 0 Å². The Morgan fingerprint density at radius 2 is 1.00 bits per heavy atom. The zero-order chi connectivity index (χ0) is 23.9. The monoisotopic (exact) mass is 468 g/mol. The summed E-state index contributed by atoms with van der Waals surface area (Å²) in [5, 5.41) is 10.1. The molecule has 0 fully saturated rings. The highest BCUT2D eigenvalue weighted by molar-refractivity contribution is 7.96. The molecule has 0 N–H and O–H groups in total. The van der Waals surface area contributed by atoms with E-state index >= 15 is 0 Å². The molecule has 4 heteroatoms. The van der Waals surface area contributed by atoms with Gasteiger partial charge in [-0.15, -0.1) is 0 Å². The lowest BCUT2D eigenvalue weighted by Gasteiger charge is -2.09. The van der Waals surface area contributed by atoms with Crippen LogP contribution >= 0.6 is 0 Å². The van der Waals surface area contributed by atoms with Gasteiger partial charge in [-0.3, -0.25) is 0 Å². The van der Waals surface area contributed by atoms with E-state index in [0.717, 1.165) is 35.2 Å². The van der Waals surface area contributed by atoms with Crippen LogP contribution in [0.15, 0.2) is 24.3 Å². The van der Waals surface area contributed by atoms with Crippen molar-refractivity contribution in [1.29, 1.82) is 0 Å². The first-order chi connectivity index (χ1) is 15.5. The predicted molar refractivity (Wildman–Crippen MR) is 139 cm³/mol. The van der Waals surface area contributed by atoms with Gasteiger partial charge in [-0.2, -0.15) is 0 Å². The number of carboxylic acids is 1. The number of aromatic carboxylic acids is 1. The van der Waals surface area contributed by atoms with Gasteiger partial charge in [-0.05, 0) is 67.1 Å². The molecule has 0 bridgehead atoms. The average molecular weight is 469 g/mol. The minimum atomic E-state index is -1.29. The van der Waals surface area contributed by atoms with Crippen LogP contribution in [0.2, 0.25) is 0 Å². The fraction of sp³-hybridized carbons (Fsp3) is 0.750. The van der Waals surface area contributed by atoms with Crippen LogP contribution in [0.1, 0.15) is 127 Å². The Morgan fingerprint density at radius 3 is 1.31 bits per heavy atom. The van der Waals surface area contributed by atoms with E-state index in [-0.39, 0.29) is 5.56 Å². The molecule has 186 valence electrons. The van der Waals surface area contributed by atoms with Crippen molar-refractivity contribution in [3.8, 4) is 0 Å². The second kappa shape index (κ2) is 23.1. The summed E-state index contributed by atoms with van der Waals surface area (Å²) in [6.45, 7) is 6.95. The molecular weight excluding hydrogens is 419 g/mol. The van der Waals surface area contributed by atoms with Gasteiger partial charge in [0.05, 0.1) is 5.97 Å². The van der Waals surface area contributed by atoms with Crippen LogP contribution in [-0.2, 0) is 10.9 Å². The zero-order valence-electron chi connectivity index (χ0n) is 21.1. The fourth-order valence-corrected chi connectivity index (χ4v) is 6.07. The molecule has 0 aromatic heterocycles. The van der Waals surface area contributed by atoms with Crippen LogP contribution in [0.5, 0.6) is 0 Å². The molecule has 2 nitrogen and oxygen atoms in total. The molecule has 0 aliphatic rings. The molecule has 1 aromatic carbocycles. The molecule has 1 aromatic rings. The molecule has 0 aliphatic heterocycles. The summed E-state index contributed by atoms with van der Waals surface area (Å²) in [5.74, 6) is 2.90. The Hall–Kier alpha value is -1.03. The number of hydrogen-bond acceptors (Lipinski definition) is 2. The summed E-state index contributed by atoms with van der Waals surface area (Å²) in [5.41, 5.74) is -0.0126. The van der Waals surface area contributed by atoms with Crippen molar-refractivity contribution in [2.24, 2.45) is 0 Å². The Balaban J connectivity index is 0.000000792. The number of carbonyl (C=O) groups is 1. The van der Waals surface area contributed by atoms with E-state index in [1.165, 1.54) is 96.3 Å². The lowest BCUT2D eigenvalue weighted by Crippen LogP contribution is -2.21. The molecule has 1 rings (SSSR count). The lowest BCUT2D eigenvalue weighted by atomic mass is 10.2. The fourth-order valence-electron chi connectivity index (χ4n) is 3.62. The van der Waals surface area contributed by atoms with Gasteiger partial charge in [0.2, 0.25) is 0 Å². The first-order valence-corrected chi connectivity index (χ1v) is 14.9. The smallest absolute Gasteiger partial charge is 0.123 e. The molecular formula is C28H49FO2S. The van der Waals surface area contributed by atoms with Gasteiger partial charge < -0.3 is 9.90 Å². The Labute approximate surface area is 201 Å². The normalized spacial score (nSPS) is 10.8. The maximum atomic E-state index is 12.1. The third-order valence-electron chi connectivity index (χ3n) is 5.69. The number of unbranched alkanes of at least 4 members (excludes halogenated alkanes) is 12. The number of carboxylic acid groups (broad SMARTS) is 1. The van der Waals surface area contributed by atoms with Crippen LogP contribution in [0.4, 0.5) is 4.39 Å². The predicted octanol–water partition coefficient (Wildman–Crippen LogP) is 7.71.